The second kappa shape index (κ2) is 6.39. The molecule has 0 atom stereocenters. The number of nitrogens with zero attached hydrogens (tertiary/aromatic N) is 1. The minimum atomic E-state index is 0.736. The number of rotatable bonds is 3. The molecule has 2 rings (SSSR count). The second-order valence-electron chi connectivity index (χ2n) is 4.39. The van der Waals surface area contributed by atoms with Gasteiger partial charge in [-0.2, -0.15) is 0 Å². The molecule has 0 spiro atoms. The number of likely N-dealkylation sites (N-methyl/N-ethyl adjacent to an activating group) is 1. The summed E-state index contributed by atoms with van der Waals surface area (Å²) in [6.07, 6.45) is 7.90. The molecule has 0 fully saturated rings. The standard InChI is InChI=1S/C16H17ClN2/c1-3-19-16-8-12(2)7-14(10-18-11-16)13-5-4-6-15(17)9-13/h4-11,19H,3H2,1-2H3/b12-7?,12-8+,14-7+,14-10?,16-8?,16-11+,18-10+,18-11?. The first-order chi connectivity index (χ1) is 9.19. The maximum absolute atomic E-state index is 6.03. The SMILES string of the molecule is CCNC1=C/N=C/C(c2cccc(Cl)c2)=C\C(C)=C\1. The number of halogens is 1. The van der Waals surface area contributed by atoms with E-state index < -0.39 is 0 Å². The summed E-state index contributed by atoms with van der Waals surface area (Å²) in [5.41, 5.74) is 4.33. The van der Waals surface area contributed by atoms with E-state index in [-0.39, 0.29) is 0 Å². The van der Waals surface area contributed by atoms with Crippen molar-refractivity contribution in [2.45, 2.75) is 13.8 Å². The normalized spacial score (nSPS) is 24.9. The van der Waals surface area contributed by atoms with Crippen molar-refractivity contribution in [2.75, 3.05) is 6.54 Å². The zero-order valence-electron chi connectivity index (χ0n) is 11.2. The van der Waals surface area contributed by atoms with Crippen LogP contribution in [0.5, 0.6) is 0 Å². The predicted octanol–water partition coefficient (Wildman–Crippen LogP) is 4.21. The molecular weight excluding hydrogens is 256 g/mol. The number of hydrogen-bond donors (Lipinski definition) is 1. The van der Waals surface area contributed by atoms with E-state index in [0.717, 1.165) is 28.4 Å². The highest BCUT2D eigenvalue weighted by atomic mass is 35.5. The Hall–Kier alpha value is -1.80. The van der Waals surface area contributed by atoms with Gasteiger partial charge in [-0.3, -0.25) is 4.99 Å². The number of allylic oxidation sites excluding steroid dienone is 4. The smallest absolute Gasteiger partial charge is 0.0528 e. The van der Waals surface area contributed by atoms with Crippen LogP contribution in [0.1, 0.15) is 19.4 Å². The minimum absolute atomic E-state index is 0.736. The first-order valence-corrected chi connectivity index (χ1v) is 6.70. The molecule has 0 radical (unpaired) electrons. The van der Waals surface area contributed by atoms with Gasteiger partial charge in [0, 0.05) is 29.6 Å². The topological polar surface area (TPSA) is 24.4 Å². The van der Waals surface area contributed by atoms with Gasteiger partial charge in [0.2, 0.25) is 0 Å². The molecular formula is C16H17ClN2. The maximum atomic E-state index is 6.03. The molecule has 0 saturated heterocycles. The summed E-state index contributed by atoms with van der Waals surface area (Å²) >= 11 is 6.03. The lowest BCUT2D eigenvalue weighted by Crippen LogP contribution is -2.10. The van der Waals surface area contributed by atoms with Crippen LogP contribution in [-0.2, 0) is 0 Å². The van der Waals surface area contributed by atoms with Gasteiger partial charge in [-0.15, -0.1) is 0 Å². The van der Waals surface area contributed by atoms with E-state index in [9.17, 15) is 0 Å². The predicted molar refractivity (Wildman–Crippen MR) is 83.4 cm³/mol. The molecule has 0 unspecified atom stereocenters. The highest BCUT2D eigenvalue weighted by Gasteiger charge is 2.02. The fraction of sp³-hybridized carbons (Fsp3) is 0.188. The Balaban J connectivity index is 2.33. The lowest BCUT2D eigenvalue weighted by atomic mass is 10.0. The van der Waals surface area contributed by atoms with Crippen molar-refractivity contribution >= 4 is 23.4 Å². The zero-order chi connectivity index (χ0) is 13.7. The van der Waals surface area contributed by atoms with E-state index in [4.69, 9.17) is 11.6 Å². The van der Waals surface area contributed by atoms with Crippen molar-refractivity contribution < 1.29 is 0 Å². The van der Waals surface area contributed by atoms with Crippen LogP contribution >= 0.6 is 11.6 Å². The summed E-state index contributed by atoms with van der Waals surface area (Å²) in [4.78, 5) is 4.35. The van der Waals surface area contributed by atoms with Crippen molar-refractivity contribution in [2.24, 2.45) is 4.99 Å². The average molecular weight is 273 g/mol. The summed E-state index contributed by atoms with van der Waals surface area (Å²) in [5, 5.41) is 4.00. The van der Waals surface area contributed by atoms with E-state index in [2.05, 4.69) is 36.3 Å². The quantitative estimate of drug-likeness (QED) is 0.876. The van der Waals surface area contributed by atoms with Gasteiger partial charge < -0.3 is 5.32 Å². The van der Waals surface area contributed by atoms with Crippen LogP contribution in [0.15, 0.2) is 58.9 Å². The van der Waals surface area contributed by atoms with Crippen LogP contribution in [-0.4, -0.2) is 12.8 Å². The molecule has 1 aliphatic heterocycles. The molecule has 0 aromatic heterocycles. The molecule has 98 valence electrons. The molecule has 1 heterocycles. The molecule has 1 aromatic carbocycles. The third-order valence-electron chi connectivity index (χ3n) is 2.73. The fourth-order valence-corrected chi connectivity index (χ4v) is 2.12. The molecule has 0 bridgehead atoms. The van der Waals surface area contributed by atoms with E-state index in [1.54, 1.807) is 0 Å². The van der Waals surface area contributed by atoms with Crippen molar-refractivity contribution in [3.63, 3.8) is 0 Å². The van der Waals surface area contributed by atoms with Crippen molar-refractivity contribution in [3.05, 3.63) is 64.5 Å². The Bertz CT molecular complexity index is 580. The van der Waals surface area contributed by atoms with Crippen LogP contribution in [0.25, 0.3) is 5.57 Å². The van der Waals surface area contributed by atoms with Gasteiger partial charge in [0.25, 0.3) is 0 Å². The van der Waals surface area contributed by atoms with Crippen LogP contribution < -0.4 is 5.32 Å². The zero-order valence-corrected chi connectivity index (χ0v) is 11.9. The summed E-state index contributed by atoms with van der Waals surface area (Å²) in [7, 11) is 0. The maximum Gasteiger partial charge on any atom is 0.0528 e. The molecule has 1 N–H and O–H groups in total. The lowest BCUT2D eigenvalue weighted by Gasteiger charge is -2.08. The average Bonchev–Trinajstić information content (AvgIpc) is 2.35. The Morgan fingerprint density at radius 2 is 2.11 bits per heavy atom. The number of hydrogen-bond acceptors (Lipinski definition) is 2. The summed E-state index contributed by atoms with van der Waals surface area (Å²) in [6.45, 7) is 5.03. The third-order valence-corrected chi connectivity index (χ3v) is 2.97. The van der Waals surface area contributed by atoms with E-state index in [1.807, 2.05) is 36.7 Å². The van der Waals surface area contributed by atoms with Crippen molar-refractivity contribution in [1.29, 1.82) is 0 Å². The Morgan fingerprint density at radius 1 is 1.26 bits per heavy atom. The molecule has 0 amide bonds. The number of nitrogens with one attached hydrogen (secondary N) is 1. The van der Waals surface area contributed by atoms with Gasteiger partial charge in [0.05, 0.1) is 5.70 Å². The largest absolute Gasteiger partial charge is 0.384 e. The Kier molecular flexibility index (Phi) is 4.58. The first kappa shape index (κ1) is 13.6. The van der Waals surface area contributed by atoms with Gasteiger partial charge in [0.1, 0.15) is 0 Å². The van der Waals surface area contributed by atoms with Crippen LogP contribution in [0, 0.1) is 0 Å². The summed E-state index contributed by atoms with van der Waals surface area (Å²) in [5.74, 6) is 0. The van der Waals surface area contributed by atoms with E-state index in [0.29, 0.717) is 0 Å². The highest BCUT2D eigenvalue weighted by Crippen LogP contribution is 2.20. The highest BCUT2D eigenvalue weighted by molar-refractivity contribution is 6.31. The second-order valence-corrected chi connectivity index (χ2v) is 4.83. The van der Waals surface area contributed by atoms with Gasteiger partial charge in [-0.25, -0.2) is 0 Å². The van der Waals surface area contributed by atoms with Crippen LogP contribution in [0.4, 0.5) is 0 Å². The third kappa shape index (κ3) is 3.83. The number of benzene rings is 1. The summed E-state index contributed by atoms with van der Waals surface area (Å²) in [6, 6.07) is 7.80. The molecule has 1 aliphatic rings. The van der Waals surface area contributed by atoms with E-state index >= 15 is 0 Å². The molecule has 1 aromatic rings. The van der Waals surface area contributed by atoms with Crippen molar-refractivity contribution in [3.8, 4) is 0 Å². The van der Waals surface area contributed by atoms with Gasteiger partial charge in [-0.05, 0) is 49.3 Å². The minimum Gasteiger partial charge on any atom is -0.384 e. The van der Waals surface area contributed by atoms with Crippen molar-refractivity contribution in [1.82, 2.24) is 5.32 Å². The molecule has 2 nitrogen and oxygen atoms in total. The monoisotopic (exact) mass is 272 g/mol. The lowest BCUT2D eigenvalue weighted by molar-refractivity contribution is 0.873. The van der Waals surface area contributed by atoms with Gasteiger partial charge >= 0.3 is 0 Å². The van der Waals surface area contributed by atoms with E-state index in [1.165, 1.54) is 5.57 Å². The summed E-state index contributed by atoms with van der Waals surface area (Å²) < 4.78 is 0. The Labute approximate surface area is 119 Å². The van der Waals surface area contributed by atoms with Crippen LogP contribution in [0.2, 0.25) is 5.02 Å². The van der Waals surface area contributed by atoms with Crippen LogP contribution in [0.3, 0.4) is 0 Å². The fourth-order valence-electron chi connectivity index (χ4n) is 1.93. The first-order valence-electron chi connectivity index (χ1n) is 6.32. The molecule has 0 saturated carbocycles. The Morgan fingerprint density at radius 3 is 2.84 bits per heavy atom. The molecule has 3 heteroatoms. The number of aliphatic imine (C=N–C) groups is 1. The van der Waals surface area contributed by atoms with Gasteiger partial charge in [0.15, 0.2) is 0 Å². The molecule has 19 heavy (non-hydrogen) atoms. The van der Waals surface area contributed by atoms with Gasteiger partial charge in [-0.1, -0.05) is 23.7 Å². The molecule has 0 aliphatic carbocycles.